The number of hydrogen-bond donors (Lipinski definition) is 1. The largest absolute Gasteiger partial charge is 0.327 e. The highest BCUT2D eigenvalue weighted by atomic mass is 32.2. The van der Waals surface area contributed by atoms with E-state index in [1.54, 1.807) is 18.3 Å². The molecule has 1 heterocycles. The first-order valence-electron chi connectivity index (χ1n) is 6.82. The Morgan fingerprint density at radius 2 is 2.00 bits per heavy atom. The molecule has 9 heteroatoms. The maximum atomic E-state index is 13.4. The van der Waals surface area contributed by atoms with E-state index < -0.39 is 15.9 Å². The van der Waals surface area contributed by atoms with Crippen molar-refractivity contribution in [2.75, 3.05) is 20.6 Å². The summed E-state index contributed by atoms with van der Waals surface area (Å²) in [7, 11) is -0.529. The van der Waals surface area contributed by atoms with Gasteiger partial charge in [-0.2, -0.15) is 0 Å². The van der Waals surface area contributed by atoms with Crippen LogP contribution in [0.3, 0.4) is 0 Å². The van der Waals surface area contributed by atoms with E-state index in [-0.39, 0.29) is 18.0 Å². The van der Waals surface area contributed by atoms with Gasteiger partial charge < -0.3 is 5.73 Å². The van der Waals surface area contributed by atoms with Crippen LogP contribution in [0.5, 0.6) is 0 Å². The third-order valence-electron chi connectivity index (χ3n) is 3.12. The molecule has 2 rings (SSSR count). The van der Waals surface area contributed by atoms with Gasteiger partial charge in [0.1, 0.15) is 11.5 Å². The third kappa shape index (κ3) is 4.01. The molecule has 0 saturated heterocycles. The summed E-state index contributed by atoms with van der Waals surface area (Å²) in [4.78, 5) is 0.190. The van der Waals surface area contributed by atoms with Crippen molar-refractivity contribution in [3.05, 3.63) is 42.4 Å². The fourth-order valence-corrected chi connectivity index (χ4v) is 2.77. The Bertz CT molecular complexity index is 797. The van der Waals surface area contributed by atoms with E-state index in [1.165, 1.54) is 37.0 Å². The molecule has 0 aliphatic heterocycles. The lowest BCUT2D eigenvalue weighted by Gasteiger charge is -2.11. The van der Waals surface area contributed by atoms with Crippen LogP contribution in [0.15, 0.2) is 47.3 Å². The summed E-state index contributed by atoms with van der Waals surface area (Å²) in [6.45, 7) is 0.0759. The van der Waals surface area contributed by atoms with Crippen LogP contribution in [0.25, 0.3) is 11.3 Å². The number of aromatic nitrogens is 3. The van der Waals surface area contributed by atoms with Crippen molar-refractivity contribution in [1.29, 1.82) is 0 Å². The van der Waals surface area contributed by atoms with Gasteiger partial charge in [-0.3, -0.25) is 0 Å². The van der Waals surface area contributed by atoms with Crippen molar-refractivity contribution in [2.24, 2.45) is 5.73 Å². The molecule has 7 nitrogen and oxygen atoms in total. The molecule has 0 bridgehead atoms. The number of sulfonamides is 1. The maximum Gasteiger partial charge on any atom is 0.242 e. The van der Waals surface area contributed by atoms with E-state index >= 15 is 0 Å². The number of nitrogens with zero attached hydrogens (tertiary/aromatic N) is 4. The second-order valence-electron chi connectivity index (χ2n) is 5.00. The van der Waals surface area contributed by atoms with Crippen molar-refractivity contribution in [1.82, 2.24) is 19.3 Å². The molecule has 0 radical (unpaired) electrons. The Hall–Kier alpha value is -2.10. The van der Waals surface area contributed by atoms with Crippen LogP contribution < -0.4 is 5.73 Å². The number of nitrogens with two attached hydrogens (primary N) is 1. The maximum absolute atomic E-state index is 13.4. The van der Waals surface area contributed by atoms with Gasteiger partial charge in [0, 0.05) is 26.2 Å². The zero-order valence-corrected chi connectivity index (χ0v) is 13.7. The summed E-state index contributed by atoms with van der Waals surface area (Å²) in [5.74, 6) is -0.392. The number of allylic oxidation sites excluding steroid dienone is 1. The van der Waals surface area contributed by atoms with Crippen LogP contribution in [-0.2, 0) is 16.6 Å². The Labute approximate surface area is 134 Å². The fourth-order valence-electron chi connectivity index (χ4n) is 1.86. The molecule has 1 aromatic heterocycles. The Kier molecular flexibility index (Phi) is 5.24. The predicted octanol–water partition coefficient (Wildman–Crippen LogP) is 1.01. The highest BCUT2D eigenvalue weighted by Gasteiger charge is 2.17. The van der Waals surface area contributed by atoms with Gasteiger partial charge in [0.25, 0.3) is 0 Å². The molecule has 0 amide bonds. The molecule has 2 N–H and O–H groups in total. The molecule has 0 atom stereocenters. The van der Waals surface area contributed by atoms with Crippen molar-refractivity contribution in [3.63, 3.8) is 0 Å². The smallest absolute Gasteiger partial charge is 0.242 e. The third-order valence-corrected chi connectivity index (χ3v) is 4.95. The van der Waals surface area contributed by atoms with Crippen LogP contribution in [0, 0.1) is 0 Å². The second-order valence-corrected chi connectivity index (χ2v) is 7.15. The normalized spacial score (nSPS) is 12.8. The second kappa shape index (κ2) is 6.99. The zero-order valence-electron chi connectivity index (χ0n) is 12.8. The molecule has 0 spiro atoms. The molecule has 23 heavy (non-hydrogen) atoms. The number of hydrogen-bond acceptors (Lipinski definition) is 5. The molecular weight excluding hydrogens is 321 g/mol. The number of halogens is 1. The van der Waals surface area contributed by atoms with Gasteiger partial charge in [-0.15, -0.1) is 5.10 Å². The molecule has 0 aliphatic rings. The monoisotopic (exact) mass is 339 g/mol. The summed E-state index contributed by atoms with van der Waals surface area (Å²) < 4.78 is 39.9. The summed E-state index contributed by atoms with van der Waals surface area (Å²) in [5, 5.41) is 7.79. The molecule has 0 saturated carbocycles. The first-order valence-corrected chi connectivity index (χ1v) is 8.26. The lowest BCUT2D eigenvalue weighted by molar-refractivity contribution is 0.516. The van der Waals surface area contributed by atoms with E-state index in [0.29, 0.717) is 11.3 Å². The molecule has 1 aromatic carbocycles. The lowest BCUT2D eigenvalue weighted by atomic mass is 10.2. The number of rotatable bonds is 6. The van der Waals surface area contributed by atoms with Crippen LogP contribution in [0.1, 0.15) is 0 Å². The number of benzene rings is 1. The van der Waals surface area contributed by atoms with Gasteiger partial charge in [-0.1, -0.05) is 17.3 Å². The molecule has 0 fully saturated rings. The molecule has 2 aromatic rings. The van der Waals surface area contributed by atoms with Crippen LogP contribution in [0.2, 0.25) is 0 Å². The molecule has 0 unspecified atom stereocenters. The SMILES string of the molecule is CN(C)S(=O)(=O)c1ccc(-c2cn(CC(F)=CCN)nn2)cc1. The van der Waals surface area contributed by atoms with Crippen molar-refractivity contribution >= 4 is 10.0 Å². The van der Waals surface area contributed by atoms with E-state index in [4.69, 9.17) is 5.73 Å². The van der Waals surface area contributed by atoms with Crippen LogP contribution >= 0.6 is 0 Å². The average molecular weight is 339 g/mol. The molecular formula is C14H18FN5O2S. The van der Waals surface area contributed by atoms with E-state index in [2.05, 4.69) is 10.3 Å². The Balaban J connectivity index is 2.21. The summed E-state index contributed by atoms with van der Waals surface area (Å²) in [5.41, 5.74) is 6.45. The summed E-state index contributed by atoms with van der Waals surface area (Å²) >= 11 is 0. The van der Waals surface area contributed by atoms with Crippen molar-refractivity contribution < 1.29 is 12.8 Å². The first kappa shape index (κ1) is 17.3. The van der Waals surface area contributed by atoms with E-state index in [1.807, 2.05) is 0 Å². The molecule has 0 aliphatic carbocycles. The minimum absolute atomic E-state index is 0.0444. The summed E-state index contributed by atoms with van der Waals surface area (Å²) in [6.07, 6.45) is 2.85. The van der Waals surface area contributed by atoms with Crippen molar-refractivity contribution in [2.45, 2.75) is 11.4 Å². The minimum atomic E-state index is -3.47. The van der Waals surface area contributed by atoms with Gasteiger partial charge >= 0.3 is 0 Å². The topological polar surface area (TPSA) is 94.1 Å². The minimum Gasteiger partial charge on any atom is -0.327 e. The quantitative estimate of drug-likeness (QED) is 0.847. The summed E-state index contributed by atoms with van der Waals surface area (Å²) in [6, 6.07) is 6.27. The Morgan fingerprint density at radius 3 is 2.57 bits per heavy atom. The van der Waals surface area contributed by atoms with E-state index in [9.17, 15) is 12.8 Å². The highest BCUT2D eigenvalue weighted by Crippen LogP contribution is 2.20. The highest BCUT2D eigenvalue weighted by molar-refractivity contribution is 7.89. The predicted molar refractivity (Wildman–Crippen MR) is 84.6 cm³/mol. The van der Waals surface area contributed by atoms with Crippen LogP contribution in [0.4, 0.5) is 4.39 Å². The Morgan fingerprint density at radius 1 is 1.35 bits per heavy atom. The lowest BCUT2D eigenvalue weighted by Crippen LogP contribution is -2.22. The molecule has 124 valence electrons. The van der Waals surface area contributed by atoms with Gasteiger partial charge in [-0.05, 0) is 18.2 Å². The van der Waals surface area contributed by atoms with E-state index in [0.717, 1.165) is 4.31 Å². The average Bonchev–Trinajstić information content (AvgIpc) is 2.96. The first-order chi connectivity index (χ1) is 10.8. The van der Waals surface area contributed by atoms with Gasteiger partial charge in [-0.25, -0.2) is 21.8 Å². The standard InChI is InChI=1S/C14H18FN5O2S/c1-19(2)23(21,22)13-5-3-11(4-6-13)14-10-20(18-17-14)9-12(15)7-8-16/h3-7,10H,8-9,16H2,1-2H3. The fraction of sp³-hybridized carbons (Fsp3) is 0.286. The van der Waals surface area contributed by atoms with Crippen molar-refractivity contribution in [3.8, 4) is 11.3 Å². The van der Waals surface area contributed by atoms with Gasteiger partial charge in [0.05, 0.1) is 17.6 Å². The zero-order chi connectivity index (χ0) is 17.0. The van der Waals surface area contributed by atoms with Gasteiger partial charge in [0.2, 0.25) is 10.0 Å². The van der Waals surface area contributed by atoms with Crippen LogP contribution in [-0.4, -0.2) is 48.4 Å². The van der Waals surface area contributed by atoms with Gasteiger partial charge in [0.15, 0.2) is 0 Å².